The number of carbonyl (C=O) groups is 1. The predicted molar refractivity (Wildman–Crippen MR) is 68.3 cm³/mol. The summed E-state index contributed by atoms with van der Waals surface area (Å²) in [5, 5.41) is 3.93. The number of para-hydroxylation sites is 1. The van der Waals surface area contributed by atoms with E-state index in [9.17, 15) is 4.79 Å². The summed E-state index contributed by atoms with van der Waals surface area (Å²) in [6.07, 6.45) is 1.69. The quantitative estimate of drug-likeness (QED) is 0.466. The van der Waals surface area contributed by atoms with E-state index in [1.807, 2.05) is 44.2 Å². The maximum Gasteiger partial charge on any atom is 0.309 e. The number of carbonyl (C=O) groups excluding carboxylic acids is 1. The molecule has 4 heteroatoms. The smallest absolute Gasteiger partial charge is 0.309 e. The van der Waals surface area contributed by atoms with Crippen LogP contribution in [-0.2, 0) is 9.53 Å². The van der Waals surface area contributed by atoms with Crippen molar-refractivity contribution in [2.24, 2.45) is 22.4 Å². The normalized spacial score (nSPS) is 24.8. The van der Waals surface area contributed by atoms with E-state index < -0.39 is 0 Å². The van der Waals surface area contributed by atoms with Crippen LogP contribution in [0.25, 0.3) is 0 Å². The summed E-state index contributed by atoms with van der Waals surface area (Å²) >= 11 is 0. The standard InChI is InChI=1S/C14H17NO3/c1-14(2)11(12(14)13(16)17-3)9-15-18-10-7-5-4-6-8-10/h4-9,11-12H,1-3H3/b15-9+. The molecule has 1 aliphatic rings. The molecule has 0 aromatic heterocycles. The molecular formula is C14H17NO3. The first-order valence-electron chi connectivity index (χ1n) is 5.90. The molecular weight excluding hydrogens is 230 g/mol. The van der Waals surface area contributed by atoms with Crippen molar-refractivity contribution < 1.29 is 14.4 Å². The molecule has 96 valence electrons. The third kappa shape index (κ3) is 2.37. The van der Waals surface area contributed by atoms with Crippen molar-refractivity contribution in [1.29, 1.82) is 0 Å². The summed E-state index contributed by atoms with van der Waals surface area (Å²) in [4.78, 5) is 16.7. The van der Waals surface area contributed by atoms with E-state index in [2.05, 4.69) is 5.16 Å². The third-order valence-electron chi connectivity index (χ3n) is 3.49. The van der Waals surface area contributed by atoms with Gasteiger partial charge in [-0.25, -0.2) is 0 Å². The number of ether oxygens (including phenoxy) is 1. The number of hydrogen-bond donors (Lipinski definition) is 0. The largest absolute Gasteiger partial charge is 0.469 e. The van der Waals surface area contributed by atoms with Crippen LogP contribution in [0.4, 0.5) is 0 Å². The van der Waals surface area contributed by atoms with Crippen molar-refractivity contribution >= 4 is 12.2 Å². The molecule has 2 atom stereocenters. The number of esters is 1. The molecule has 0 bridgehead atoms. The molecule has 4 nitrogen and oxygen atoms in total. The third-order valence-corrected chi connectivity index (χ3v) is 3.49. The fourth-order valence-electron chi connectivity index (χ4n) is 2.17. The van der Waals surface area contributed by atoms with Crippen molar-refractivity contribution in [3.05, 3.63) is 30.3 Å². The van der Waals surface area contributed by atoms with Gasteiger partial charge in [0.25, 0.3) is 0 Å². The first-order valence-corrected chi connectivity index (χ1v) is 5.90. The summed E-state index contributed by atoms with van der Waals surface area (Å²) in [5.74, 6) is 0.456. The maximum absolute atomic E-state index is 11.5. The van der Waals surface area contributed by atoms with Gasteiger partial charge in [-0.05, 0) is 17.5 Å². The lowest BCUT2D eigenvalue weighted by atomic mass is 10.1. The van der Waals surface area contributed by atoms with E-state index >= 15 is 0 Å². The molecule has 0 saturated heterocycles. The van der Waals surface area contributed by atoms with E-state index in [1.165, 1.54) is 7.11 Å². The Labute approximate surface area is 107 Å². The van der Waals surface area contributed by atoms with Crippen LogP contribution in [0.5, 0.6) is 5.75 Å². The minimum Gasteiger partial charge on any atom is -0.469 e. The van der Waals surface area contributed by atoms with Gasteiger partial charge in [-0.15, -0.1) is 0 Å². The summed E-state index contributed by atoms with van der Waals surface area (Å²) in [7, 11) is 1.41. The van der Waals surface area contributed by atoms with Gasteiger partial charge in [-0.2, -0.15) is 0 Å². The van der Waals surface area contributed by atoms with Gasteiger partial charge < -0.3 is 9.57 Å². The van der Waals surface area contributed by atoms with E-state index in [0.29, 0.717) is 5.75 Å². The number of methoxy groups -OCH3 is 1. The van der Waals surface area contributed by atoms with Crippen molar-refractivity contribution in [1.82, 2.24) is 0 Å². The van der Waals surface area contributed by atoms with Crippen LogP contribution in [0.15, 0.2) is 35.5 Å². The minimum absolute atomic E-state index is 0.0775. The first kappa shape index (κ1) is 12.6. The average Bonchev–Trinajstić information content (AvgIpc) is 2.92. The number of rotatable bonds is 4. The number of nitrogens with zero attached hydrogens (tertiary/aromatic N) is 1. The van der Waals surface area contributed by atoms with Crippen molar-refractivity contribution in [2.45, 2.75) is 13.8 Å². The Morgan fingerprint density at radius 1 is 1.33 bits per heavy atom. The predicted octanol–water partition coefficient (Wildman–Crippen LogP) is 2.50. The molecule has 0 amide bonds. The molecule has 2 rings (SSSR count). The van der Waals surface area contributed by atoms with Gasteiger partial charge in [0.15, 0.2) is 5.75 Å². The number of benzene rings is 1. The Morgan fingerprint density at radius 2 is 2.00 bits per heavy atom. The molecule has 0 spiro atoms. The molecule has 18 heavy (non-hydrogen) atoms. The number of oxime groups is 1. The second-order valence-corrected chi connectivity index (χ2v) is 5.01. The SMILES string of the molecule is COC(=O)C1C(/C=N/Oc2ccccc2)C1(C)C. The fraction of sp³-hybridized carbons (Fsp3) is 0.429. The molecule has 1 aromatic carbocycles. The molecule has 1 aliphatic carbocycles. The highest BCUT2D eigenvalue weighted by molar-refractivity contribution is 5.85. The van der Waals surface area contributed by atoms with Gasteiger partial charge in [-0.3, -0.25) is 4.79 Å². The summed E-state index contributed by atoms with van der Waals surface area (Å²) in [6, 6.07) is 9.32. The Bertz CT molecular complexity index is 453. The Balaban J connectivity index is 1.93. The Hall–Kier alpha value is -1.84. The molecule has 1 fully saturated rings. The second-order valence-electron chi connectivity index (χ2n) is 5.01. The Kier molecular flexibility index (Phi) is 3.36. The Morgan fingerprint density at radius 3 is 2.61 bits per heavy atom. The van der Waals surface area contributed by atoms with E-state index in [1.54, 1.807) is 6.21 Å². The second kappa shape index (κ2) is 4.80. The lowest BCUT2D eigenvalue weighted by Crippen LogP contribution is -2.07. The molecule has 0 aliphatic heterocycles. The molecule has 0 N–H and O–H groups in total. The summed E-state index contributed by atoms with van der Waals surface area (Å²) < 4.78 is 4.76. The fourth-order valence-corrected chi connectivity index (χ4v) is 2.17. The minimum atomic E-state index is -0.184. The van der Waals surface area contributed by atoms with Crippen molar-refractivity contribution in [2.75, 3.05) is 7.11 Å². The molecule has 2 unspecified atom stereocenters. The van der Waals surface area contributed by atoms with Crippen LogP contribution in [0.1, 0.15) is 13.8 Å². The first-order chi connectivity index (χ1) is 8.57. The van der Waals surface area contributed by atoms with Crippen LogP contribution in [-0.4, -0.2) is 19.3 Å². The molecule has 1 saturated carbocycles. The van der Waals surface area contributed by atoms with Crippen molar-refractivity contribution in [3.63, 3.8) is 0 Å². The topological polar surface area (TPSA) is 47.9 Å². The maximum atomic E-state index is 11.5. The van der Waals surface area contributed by atoms with Crippen LogP contribution < -0.4 is 4.84 Å². The van der Waals surface area contributed by atoms with E-state index in [-0.39, 0.29) is 23.2 Å². The zero-order chi connectivity index (χ0) is 13.2. The van der Waals surface area contributed by atoms with Crippen molar-refractivity contribution in [3.8, 4) is 5.75 Å². The van der Waals surface area contributed by atoms with E-state index in [4.69, 9.17) is 9.57 Å². The van der Waals surface area contributed by atoms with Crippen LogP contribution in [0.2, 0.25) is 0 Å². The van der Waals surface area contributed by atoms with Crippen LogP contribution >= 0.6 is 0 Å². The zero-order valence-corrected chi connectivity index (χ0v) is 10.8. The average molecular weight is 247 g/mol. The van der Waals surface area contributed by atoms with Gasteiger partial charge in [0.1, 0.15) is 0 Å². The molecule has 0 radical (unpaired) electrons. The highest BCUT2D eigenvalue weighted by Gasteiger charge is 2.62. The van der Waals surface area contributed by atoms with Gasteiger partial charge >= 0.3 is 5.97 Å². The lowest BCUT2D eigenvalue weighted by Gasteiger charge is -1.99. The molecule has 0 heterocycles. The number of hydrogen-bond acceptors (Lipinski definition) is 4. The van der Waals surface area contributed by atoms with Crippen LogP contribution in [0.3, 0.4) is 0 Å². The highest BCUT2D eigenvalue weighted by Crippen LogP contribution is 2.57. The van der Waals surface area contributed by atoms with Gasteiger partial charge in [0, 0.05) is 12.1 Å². The van der Waals surface area contributed by atoms with Gasteiger partial charge in [0.2, 0.25) is 0 Å². The summed E-state index contributed by atoms with van der Waals surface area (Å²) in [5.41, 5.74) is -0.101. The summed E-state index contributed by atoms with van der Waals surface area (Å²) in [6.45, 7) is 4.04. The van der Waals surface area contributed by atoms with Crippen LogP contribution in [0, 0.1) is 17.3 Å². The van der Waals surface area contributed by atoms with Gasteiger partial charge in [0.05, 0.1) is 13.0 Å². The molecule has 1 aromatic rings. The highest BCUT2D eigenvalue weighted by atomic mass is 16.6. The lowest BCUT2D eigenvalue weighted by molar-refractivity contribution is -0.143. The monoisotopic (exact) mass is 247 g/mol. The van der Waals surface area contributed by atoms with E-state index in [0.717, 1.165) is 0 Å². The zero-order valence-electron chi connectivity index (χ0n) is 10.8. The van der Waals surface area contributed by atoms with Gasteiger partial charge in [-0.1, -0.05) is 37.2 Å².